The Balaban J connectivity index is 1.78. The molecule has 1 N–H and O–H groups in total. The number of nitrogens with zero attached hydrogens (tertiary/aromatic N) is 2. The smallest absolute Gasteiger partial charge is 0.301 e. The number of ketones is 1. The average Bonchev–Trinajstić information content (AvgIpc) is 3.46. The summed E-state index contributed by atoms with van der Waals surface area (Å²) in [6.07, 6.45) is 0. The number of carbonyl (C=O) groups is 2. The molecule has 5 rings (SSSR count). The molecule has 9 heteroatoms. The first-order chi connectivity index (χ1) is 18.3. The Kier molecular flexibility index (Phi) is 6.54. The van der Waals surface area contributed by atoms with Crippen LogP contribution >= 0.6 is 11.3 Å². The zero-order chi connectivity index (χ0) is 27.1. The van der Waals surface area contributed by atoms with E-state index < -0.39 is 17.7 Å². The highest BCUT2D eigenvalue weighted by Crippen LogP contribution is 2.48. The van der Waals surface area contributed by atoms with Crippen molar-refractivity contribution in [2.45, 2.75) is 19.9 Å². The fourth-order valence-electron chi connectivity index (χ4n) is 4.82. The van der Waals surface area contributed by atoms with Crippen LogP contribution in [0, 0.1) is 13.8 Å². The van der Waals surface area contributed by atoms with Crippen molar-refractivity contribution in [3.8, 4) is 17.2 Å². The third kappa shape index (κ3) is 4.05. The minimum atomic E-state index is -1.01. The molecule has 194 valence electrons. The van der Waals surface area contributed by atoms with Gasteiger partial charge in [0.1, 0.15) is 17.6 Å². The predicted octanol–water partition coefficient (Wildman–Crippen LogP) is 5.57. The van der Waals surface area contributed by atoms with Crippen molar-refractivity contribution < 1.29 is 28.9 Å². The number of rotatable bonds is 6. The third-order valence-electron chi connectivity index (χ3n) is 6.56. The Morgan fingerprint density at radius 1 is 0.974 bits per heavy atom. The SMILES string of the molecule is COc1ccc(C(O)=C2C(=O)C(=O)N(c3nc4c(C)cc(C)cc4s3)C2c2cccc(OC)c2OC)cc1. The fourth-order valence-corrected chi connectivity index (χ4v) is 5.99. The Hall–Kier alpha value is -4.37. The van der Waals surface area contributed by atoms with Gasteiger partial charge < -0.3 is 19.3 Å². The van der Waals surface area contributed by atoms with E-state index in [1.807, 2.05) is 26.0 Å². The lowest BCUT2D eigenvalue weighted by Gasteiger charge is -2.25. The van der Waals surface area contributed by atoms with Gasteiger partial charge >= 0.3 is 5.91 Å². The minimum absolute atomic E-state index is 0.0705. The van der Waals surface area contributed by atoms with E-state index in [-0.39, 0.29) is 11.3 Å². The number of Topliss-reactive ketones (excluding diaryl/α,β-unsaturated/α-hetero) is 1. The molecule has 1 aliphatic rings. The molecule has 0 saturated carbocycles. The molecule has 4 aromatic rings. The molecule has 1 aromatic heterocycles. The number of fused-ring (bicyclic) bond motifs is 1. The summed E-state index contributed by atoms with van der Waals surface area (Å²) in [6, 6.07) is 14.8. The van der Waals surface area contributed by atoms with Gasteiger partial charge in [-0.2, -0.15) is 0 Å². The van der Waals surface area contributed by atoms with E-state index in [2.05, 4.69) is 0 Å². The summed E-state index contributed by atoms with van der Waals surface area (Å²) in [7, 11) is 4.53. The van der Waals surface area contributed by atoms with Crippen molar-refractivity contribution in [3.63, 3.8) is 0 Å². The maximum atomic E-state index is 13.6. The molecule has 8 nitrogen and oxygen atoms in total. The number of benzene rings is 3. The number of methoxy groups -OCH3 is 3. The number of aryl methyl sites for hydroxylation is 2. The van der Waals surface area contributed by atoms with E-state index >= 15 is 0 Å². The van der Waals surface area contributed by atoms with Gasteiger partial charge in [-0.05, 0) is 61.4 Å². The average molecular weight is 531 g/mol. The van der Waals surface area contributed by atoms with Gasteiger partial charge in [0.2, 0.25) is 0 Å². The van der Waals surface area contributed by atoms with E-state index in [0.29, 0.717) is 33.5 Å². The van der Waals surface area contributed by atoms with Crippen molar-refractivity contribution in [2.24, 2.45) is 0 Å². The summed E-state index contributed by atoms with van der Waals surface area (Å²) in [4.78, 5) is 33.3. The molecule has 1 unspecified atom stereocenters. The van der Waals surface area contributed by atoms with Crippen LogP contribution in [0.25, 0.3) is 16.0 Å². The first-order valence-electron chi connectivity index (χ1n) is 11.8. The summed E-state index contributed by atoms with van der Waals surface area (Å²) in [5, 5.41) is 11.8. The second kappa shape index (κ2) is 9.83. The molecule has 2 heterocycles. The number of aliphatic hydroxyl groups excluding tert-OH is 1. The molecule has 0 aliphatic carbocycles. The number of amides is 1. The largest absolute Gasteiger partial charge is 0.507 e. The highest BCUT2D eigenvalue weighted by molar-refractivity contribution is 7.22. The summed E-state index contributed by atoms with van der Waals surface area (Å²) in [6.45, 7) is 3.95. The van der Waals surface area contributed by atoms with E-state index in [4.69, 9.17) is 19.2 Å². The fraction of sp³-hybridized carbons (Fsp3) is 0.207. The highest BCUT2D eigenvalue weighted by atomic mass is 32.1. The number of thiazole rings is 1. The van der Waals surface area contributed by atoms with Crippen molar-refractivity contribution in [1.29, 1.82) is 0 Å². The highest BCUT2D eigenvalue weighted by Gasteiger charge is 2.49. The van der Waals surface area contributed by atoms with Gasteiger partial charge in [0.15, 0.2) is 16.6 Å². The van der Waals surface area contributed by atoms with Gasteiger partial charge in [-0.15, -0.1) is 0 Å². The summed E-state index contributed by atoms with van der Waals surface area (Å²) in [5.74, 6) is -0.551. The first-order valence-corrected chi connectivity index (χ1v) is 12.6. The number of para-hydroxylation sites is 1. The third-order valence-corrected chi connectivity index (χ3v) is 7.56. The molecule has 38 heavy (non-hydrogen) atoms. The van der Waals surface area contributed by atoms with Crippen molar-refractivity contribution in [3.05, 3.63) is 82.4 Å². The van der Waals surface area contributed by atoms with Crippen LogP contribution in [0.4, 0.5) is 5.13 Å². The molecule has 0 spiro atoms. The standard InChI is InChI=1S/C29H26N2O6S/c1-15-13-16(2)23-21(14-15)38-29(30-23)31-24(19-7-6-8-20(36-4)27(19)37-5)22(26(33)28(31)34)25(32)17-9-11-18(35-3)12-10-17/h6-14,24,32H,1-5H3. The maximum absolute atomic E-state index is 13.6. The van der Waals surface area contributed by atoms with Crippen LogP contribution in [0.1, 0.15) is 28.3 Å². The normalized spacial score (nSPS) is 16.8. The van der Waals surface area contributed by atoms with E-state index in [1.54, 1.807) is 42.5 Å². The first kappa shape index (κ1) is 25.3. The maximum Gasteiger partial charge on any atom is 0.301 e. The van der Waals surface area contributed by atoms with Crippen LogP contribution in [0.5, 0.6) is 17.2 Å². The van der Waals surface area contributed by atoms with Gasteiger partial charge in [-0.1, -0.05) is 29.5 Å². The predicted molar refractivity (Wildman–Crippen MR) is 146 cm³/mol. The number of aliphatic hydroxyl groups is 1. The van der Waals surface area contributed by atoms with E-state index in [1.165, 1.54) is 37.6 Å². The Bertz CT molecular complexity index is 1610. The zero-order valence-corrected chi connectivity index (χ0v) is 22.4. The Morgan fingerprint density at radius 3 is 2.37 bits per heavy atom. The van der Waals surface area contributed by atoms with Crippen LogP contribution in [-0.4, -0.2) is 43.1 Å². The van der Waals surface area contributed by atoms with E-state index in [9.17, 15) is 14.7 Å². The number of ether oxygens (including phenoxy) is 3. The molecule has 3 aromatic carbocycles. The quantitative estimate of drug-likeness (QED) is 0.198. The summed E-state index contributed by atoms with van der Waals surface area (Å²) in [5.41, 5.74) is 3.56. The molecule has 1 saturated heterocycles. The molecule has 1 fully saturated rings. The van der Waals surface area contributed by atoms with Crippen molar-refractivity contribution in [2.75, 3.05) is 26.2 Å². The summed E-state index contributed by atoms with van der Waals surface area (Å²) >= 11 is 1.31. The topological polar surface area (TPSA) is 98.2 Å². The summed E-state index contributed by atoms with van der Waals surface area (Å²) < 4.78 is 17.3. The molecule has 0 bridgehead atoms. The van der Waals surface area contributed by atoms with Crippen LogP contribution in [0.2, 0.25) is 0 Å². The Labute approximate surface area is 223 Å². The van der Waals surface area contributed by atoms with Crippen LogP contribution in [-0.2, 0) is 9.59 Å². The molecule has 1 amide bonds. The molecular formula is C29H26N2O6S. The van der Waals surface area contributed by atoms with Gasteiger partial charge in [-0.3, -0.25) is 14.5 Å². The second-order valence-electron chi connectivity index (χ2n) is 8.91. The zero-order valence-electron chi connectivity index (χ0n) is 21.6. The molecular weight excluding hydrogens is 504 g/mol. The van der Waals surface area contributed by atoms with Gasteiger partial charge in [0, 0.05) is 11.1 Å². The lowest BCUT2D eigenvalue weighted by atomic mass is 9.94. The van der Waals surface area contributed by atoms with Crippen LogP contribution in [0.15, 0.2) is 60.2 Å². The Morgan fingerprint density at radius 2 is 1.71 bits per heavy atom. The number of hydrogen-bond acceptors (Lipinski definition) is 8. The molecule has 1 atom stereocenters. The van der Waals surface area contributed by atoms with Crippen molar-refractivity contribution >= 4 is 44.1 Å². The second-order valence-corrected chi connectivity index (χ2v) is 9.91. The van der Waals surface area contributed by atoms with Gasteiger partial charge in [0.25, 0.3) is 5.78 Å². The van der Waals surface area contributed by atoms with Crippen LogP contribution < -0.4 is 19.1 Å². The lowest BCUT2D eigenvalue weighted by Crippen LogP contribution is -2.29. The lowest BCUT2D eigenvalue weighted by molar-refractivity contribution is -0.132. The monoisotopic (exact) mass is 530 g/mol. The van der Waals surface area contributed by atoms with Crippen LogP contribution in [0.3, 0.4) is 0 Å². The number of aromatic nitrogens is 1. The van der Waals surface area contributed by atoms with Gasteiger partial charge in [0.05, 0.1) is 37.1 Å². The molecule has 0 radical (unpaired) electrons. The number of hydrogen-bond donors (Lipinski definition) is 1. The minimum Gasteiger partial charge on any atom is -0.507 e. The van der Waals surface area contributed by atoms with Crippen molar-refractivity contribution in [1.82, 2.24) is 4.98 Å². The van der Waals surface area contributed by atoms with Gasteiger partial charge in [-0.25, -0.2) is 4.98 Å². The number of anilines is 1. The number of carbonyl (C=O) groups excluding carboxylic acids is 2. The molecule has 1 aliphatic heterocycles. The van der Waals surface area contributed by atoms with E-state index in [0.717, 1.165) is 21.3 Å².